The topological polar surface area (TPSA) is 185 Å². The zero-order valence-electron chi connectivity index (χ0n) is 43.5. The number of aromatic amines is 1. The number of aliphatic hydroxyl groups is 3. The van der Waals surface area contributed by atoms with Crippen LogP contribution in [-0.4, -0.2) is 86.2 Å². The van der Waals surface area contributed by atoms with Crippen molar-refractivity contribution in [1.82, 2.24) is 10.3 Å². The SMILES string of the molecule is CCc1ccc2cccc3c2c1Cc1c(ccc(O)c1OC)CC(Cc1cc[nH]c1)C(O)C1C(=O)C(Cc2ccc(O)c(OC4CCCC4)c2)(c2cc(O)cc(C4(NC)CCCCC4)c2)C(O)CC1CSSC3CO. The van der Waals surface area contributed by atoms with Gasteiger partial charge in [-0.2, -0.15) is 0 Å². The van der Waals surface area contributed by atoms with Crippen LogP contribution in [0.5, 0.6) is 28.7 Å². The van der Waals surface area contributed by atoms with Crippen molar-refractivity contribution in [2.45, 2.75) is 138 Å². The first-order valence-corrected chi connectivity index (χ1v) is 29.6. The Morgan fingerprint density at radius 1 is 0.853 bits per heavy atom. The summed E-state index contributed by atoms with van der Waals surface area (Å²) < 4.78 is 12.5. The number of methoxy groups -OCH3 is 1. The molecule has 75 heavy (non-hydrogen) atoms. The molecule has 0 radical (unpaired) electrons. The number of aryl methyl sites for hydroxylation is 1. The number of ether oxygens (including phenoxy) is 2. The van der Waals surface area contributed by atoms with E-state index in [2.05, 4.69) is 41.5 Å². The molecule has 8 N–H and O–H groups in total. The number of ketones is 1. The molecule has 1 aliphatic heterocycles. The molecule has 3 saturated carbocycles. The molecule has 3 aliphatic carbocycles. The van der Waals surface area contributed by atoms with E-state index in [9.17, 15) is 30.6 Å². The van der Waals surface area contributed by atoms with E-state index >= 15 is 4.79 Å². The quantitative estimate of drug-likeness (QED) is 0.0544. The summed E-state index contributed by atoms with van der Waals surface area (Å²) in [5.74, 6) is -1.33. The number of hydrogen-bond donors (Lipinski definition) is 8. The first kappa shape index (κ1) is 53.3. The summed E-state index contributed by atoms with van der Waals surface area (Å²) in [6.07, 6.45) is 11.9. The Balaban J connectivity index is 1.16. The molecule has 398 valence electrons. The Labute approximate surface area is 449 Å². The lowest BCUT2D eigenvalue weighted by Crippen LogP contribution is -2.61. The van der Waals surface area contributed by atoms with Crippen molar-refractivity contribution in [2.75, 3.05) is 26.5 Å². The van der Waals surface area contributed by atoms with Crippen LogP contribution in [0.3, 0.4) is 0 Å². The molecule has 0 spiro atoms. The number of aliphatic hydroxyl groups excluding tert-OH is 3. The molecule has 0 bridgehead atoms. The molecule has 1 aromatic heterocycles. The normalized spacial score (nSPS) is 25.5. The van der Waals surface area contributed by atoms with Crippen molar-refractivity contribution in [1.29, 1.82) is 0 Å². The number of rotatable bonds is 12. The third kappa shape index (κ3) is 10.4. The Morgan fingerprint density at radius 3 is 2.37 bits per heavy atom. The highest BCUT2D eigenvalue weighted by atomic mass is 33.1. The highest BCUT2D eigenvalue weighted by Gasteiger charge is 2.58. The molecule has 7 unspecified atom stereocenters. The minimum atomic E-state index is -1.67. The van der Waals surface area contributed by atoms with Gasteiger partial charge in [-0.15, -0.1) is 0 Å². The lowest BCUT2D eigenvalue weighted by molar-refractivity contribution is -0.149. The molecule has 0 amide bonds. The summed E-state index contributed by atoms with van der Waals surface area (Å²) in [6.45, 7) is 1.98. The van der Waals surface area contributed by atoms with Crippen LogP contribution in [0.2, 0.25) is 0 Å². The molecule has 13 heteroatoms. The van der Waals surface area contributed by atoms with Gasteiger partial charge in [0, 0.05) is 41.6 Å². The molecule has 5 aromatic carbocycles. The molecular weight excluding hydrogens is 981 g/mol. The first-order valence-electron chi connectivity index (χ1n) is 27.2. The van der Waals surface area contributed by atoms with E-state index in [-0.39, 0.29) is 53.8 Å². The van der Waals surface area contributed by atoms with Gasteiger partial charge in [-0.1, -0.05) is 96.3 Å². The number of phenolic OH excluding ortho intramolecular Hbond substituents is 3. The fourth-order valence-corrected chi connectivity index (χ4v) is 16.5. The van der Waals surface area contributed by atoms with E-state index in [1.165, 1.54) is 0 Å². The summed E-state index contributed by atoms with van der Waals surface area (Å²) >= 11 is 0. The number of phenols is 3. The lowest BCUT2D eigenvalue weighted by atomic mass is 9.55. The second kappa shape index (κ2) is 22.8. The number of carbonyl (C=O) groups excluding carboxylic acids is 1. The minimum Gasteiger partial charge on any atom is -0.508 e. The van der Waals surface area contributed by atoms with Crippen molar-refractivity contribution in [3.8, 4) is 28.7 Å². The number of H-pyrrole nitrogens is 1. The number of carbonyl (C=O) groups is 1. The van der Waals surface area contributed by atoms with Crippen LogP contribution in [-0.2, 0) is 47.9 Å². The molecule has 11 nitrogen and oxygen atoms in total. The summed E-state index contributed by atoms with van der Waals surface area (Å²) in [7, 11) is 6.62. The lowest BCUT2D eigenvalue weighted by Gasteiger charge is -2.50. The fraction of sp³-hybridized carbons (Fsp3) is 0.468. The van der Waals surface area contributed by atoms with Gasteiger partial charge in [0.15, 0.2) is 28.8 Å². The first-order chi connectivity index (χ1) is 36.4. The number of nitrogens with one attached hydrogen (secondary N) is 2. The third-order valence-electron chi connectivity index (χ3n) is 17.6. The maximum Gasteiger partial charge on any atom is 0.164 e. The Hall–Kier alpha value is -5.15. The van der Waals surface area contributed by atoms with Gasteiger partial charge in [-0.25, -0.2) is 0 Å². The maximum absolute atomic E-state index is 16.9. The Morgan fingerprint density at radius 2 is 1.64 bits per heavy atom. The molecule has 7 atom stereocenters. The van der Waals surface area contributed by atoms with E-state index in [1.54, 1.807) is 65.1 Å². The second-order valence-electron chi connectivity index (χ2n) is 21.9. The van der Waals surface area contributed by atoms with Crippen molar-refractivity contribution < 1.29 is 44.9 Å². The summed E-state index contributed by atoms with van der Waals surface area (Å²) in [4.78, 5) is 20.1. The number of hydrogen-bond acceptors (Lipinski definition) is 12. The van der Waals surface area contributed by atoms with Gasteiger partial charge in [0.2, 0.25) is 0 Å². The van der Waals surface area contributed by atoms with E-state index in [0.717, 1.165) is 114 Å². The van der Waals surface area contributed by atoms with Crippen molar-refractivity contribution in [3.63, 3.8) is 0 Å². The Bertz CT molecular complexity index is 2970. The monoisotopic (exact) mass is 1050 g/mol. The smallest absolute Gasteiger partial charge is 0.164 e. The van der Waals surface area contributed by atoms with Crippen LogP contribution in [0, 0.1) is 17.8 Å². The van der Waals surface area contributed by atoms with Crippen LogP contribution in [0.4, 0.5) is 0 Å². The van der Waals surface area contributed by atoms with E-state index in [4.69, 9.17) is 9.47 Å². The van der Waals surface area contributed by atoms with Crippen molar-refractivity contribution >= 4 is 38.1 Å². The van der Waals surface area contributed by atoms with Crippen LogP contribution < -0.4 is 14.8 Å². The van der Waals surface area contributed by atoms with Crippen LogP contribution >= 0.6 is 21.6 Å². The van der Waals surface area contributed by atoms with Gasteiger partial charge >= 0.3 is 0 Å². The van der Waals surface area contributed by atoms with Gasteiger partial charge in [-0.3, -0.25) is 4.79 Å². The average Bonchev–Trinajstić information content (AvgIpc) is 4.16. The number of aromatic hydroxyl groups is 3. The van der Waals surface area contributed by atoms with Gasteiger partial charge < -0.3 is 50.4 Å². The molecular formula is C62H74N2O9S2. The van der Waals surface area contributed by atoms with Gasteiger partial charge in [0.05, 0.1) is 42.7 Å². The molecule has 10 rings (SSSR count). The van der Waals surface area contributed by atoms with Gasteiger partial charge in [0.25, 0.3) is 0 Å². The zero-order chi connectivity index (χ0) is 52.4. The van der Waals surface area contributed by atoms with Crippen molar-refractivity contribution in [3.05, 3.63) is 147 Å². The zero-order valence-corrected chi connectivity index (χ0v) is 45.2. The summed E-state index contributed by atoms with van der Waals surface area (Å²) in [5.41, 5.74) is 5.68. The third-order valence-corrected chi connectivity index (χ3v) is 20.5. The highest BCUT2D eigenvalue weighted by Crippen LogP contribution is 2.53. The second-order valence-corrected chi connectivity index (χ2v) is 24.5. The average molecular weight is 1060 g/mol. The highest BCUT2D eigenvalue weighted by molar-refractivity contribution is 8.76. The Kier molecular flexibility index (Phi) is 16.2. The largest absolute Gasteiger partial charge is 0.508 e. The van der Waals surface area contributed by atoms with Gasteiger partial charge in [0.1, 0.15) is 5.75 Å². The van der Waals surface area contributed by atoms with Crippen LogP contribution in [0.25, 0.3) is 10.8 Å². The van der Waals surface area contributed by atoms with E-state index in [1.807, 2.05) is 43.7 Å². The minimum absolute atomic E-state index is 0.000713. The fourth-order valence-electron chi connectivity index (χ4n) is 13.7. The number of aromatic nitrogens is 1. The summed E-state index contributed by atoms with van der Waals surface area (Å²) in [5, 5.41) is 78.2. The standard InChI is InChI=1S/C62H74N2O9S2/c1-4-39-16-17-40-11-10-14-48-54(35-65)75-74-36-43-28-55(69)62(33-37-15-19-51(67)53(26-37)73-47-12-6-7-13-47,45-29-44(30-46(66)31-45)61(63-2)22-8-5-9-23-61)60(71)57(43)58(70)42(25-38-21-24-64-34-38)27-41-18-20-52(68)59(72-3)50(41)32-49(39)56(40)48/h10-11,14-21,24,26,29-31,34,42-43,47,54-55,57-58,63-70H,4-9,12-13,22-23,25,27-28,32-33,35-36H2,1-3H3. The molecule has 4 aliphatic rings. The van der Waals surface area contributed by atoms with E-state index < -0.39 is 40.9 Å². The van der Waals surface area contributed by atoms with Gasteiger partial charge in [-0.05, 0) is 181 Å². The van der Waals surface area contributed by atoms with Crippen molar-refractivity contribution in [2.24, 2.45) is 17.8 Å². The van der Waals surface area contributed by atoms with E-state index in [0.29, 0.717) is 47.6 Å². The molecule has 0 saturated heterocycles. The summed E-state index contributed by atoms with van der Waals surface area (Å²) in [6, 6.07) is 26.7. The van der Waals surface area contributed by atoms with Crippen LogP contribution in [0.1, 0.15) is 126 Å². The predicted octanol–water partition coefficient (Wildman–Crippen LogP) is 11.1. The molecule has 3 fully saturated rings. The van der Waals surface area contributed by atoms with Crippen LogP contribution in [0.15, 0.2) is 97.3 Å². The maximum atomic E-state index is 16.9. The number of benzene rings is 5. The predicted molar refractivity (Wildman–Crippen MR) is 299 cm³/mol. The molecule has 2 heterocycles. The number of Topliss-reactive ketones (excluding diaryl/α,β-unsaturated/α-hetero) is 1. The number of fused-ring (bicyclic) bond motifs is 2. The molecule has 6 aromatic rings.